The molecule has 0 aliphatic rings. The Balaban J connectivity index is 1.64. The molecule has 0 spiro atoms. The molecule has 0 unspecified atom stereocenters. The first-order valence-corrected chi connectivity index (χ1v) is 12.3. The molecule has 4 rings (SSSR count). The van der Waals surface area contributed by atoms with Gasteiger partial charge in [-0.2, -0.15) is 4.37 Å². The molecule has 1 aromatic heterocycles. The van der Waals surface area contributed by atoms with E-state index in [1.165, 1.54) is 0 Å². The first kappa shape index (κ1) is 23.0. The summed E-state index contributed by atoms with van der Waals surface area (Å²) in [5.41, 5.74) is 2.95. The van der Waals surface area contributed by atoms with E-state index >= 15 is 0 Å². The quantitative estimate of drug-likeness (QED) is 0.308. The lowest BCUT2D eigenvalue weighted by molar-refractivity contribution is 0.102. The summed E-state index contributed by atoms with van der Waals surface area (Å²) in [4.78, 5) is 38.8. The molecule has 1 heterocycles. The highest BCUT2D eigenvalue weighted by atomic mass is 32.2. The maximum absolute atomic E-state index is 13.2. The van der Waals surface area contributed by atoms with E-state index in [0.717, 1.165) is 40.6 Å². The third-order valence-electron chi connectivity index (χ3n) is 4.56. The van der Waals surface area contributed by atoms with Gasteiger partial charge in [-0.3, -0.25) is 14.4 Å². The van der Waals surface area contributed by atoms with Gasteiger partial charge in [-0.05, 0) is 54.1 Å². The second-order valence-corrected chi connectivity index (χ2v) is 9.96. The second kappa shape index (κ2) is 10.6. The largest absolute Gasteiger partial charge is 0.322 e. The van der Waals surface area contributed by atoms with Gasteiger partial charge < -0.3 is 5.32 Å². The summed E-state index contributed by atoms with van der Waals surface area (Å²) in [6.45, 7) is 1.96. The molecule has 1 N–H and O–H groups in total. The Hall–Kier alpha value is -3.20. The van der Waals surface area contributed by atoms with Crippen LogP contribution in [0.1, 0.15) is 36.6 Å². The minimum atomic E-state index is -0.417. The van der Waals surface area contributed by atoms with Gasteiger partial charge in [-0.1, -0.05) is 78.4 Å². The monoisotopic (exact) mass is 490 g/mol. The Morgan fingerprint density at radius 2 is 1.30 bits per heavy atom. The molecule has 0 bridgehead atoms. The zero-order chi connectivity index (χ0) is 23.2. The van der Waals surface area contributed by atoms with E-state index in [1.807, 2.05) is 31.2 Å². The van der Waals surface area contributed by atoms with Crippen LogP contribution in [0.3, 0.4) is 0 Å². The Morgan fingerprint density at radius 3 is 1.88 bits per heavy atom. The maximum atomic E-state index is 13.2. The van der Waals surface area contributed by atoms with E-state index in [1.54, 1.807) is 60.7 Å². The SMILES string of the molecule is Cc1ccc(NC(=O)c2c(SC(=O)c3ccccc3)nsc2SC(=O)c2ccccc2)cc1. The minimum Gasteiger partial charge on any atom is -0.322 e. The van der Waals surface area contributed by atoms with Crippen molar-refractivity contribution in [1.82, 2.24) is 4.37 Å². The molecule has 0 saturated carbocycles. The zero-order valence-electron chi connectivity index (χ0n) is 17.5. The highest BCUT2D eigenvalue weighted by Crippen LogP contribution is 2.38. The van der Waals surface area contributed by atoms with Crippen molar-refractivity contribution in [2.75, 3.05) is 5.32 Å². The van der Waals surface area contributed by atoms with Gasteiger partial charge in [0.25, 0.3) is 5.91 Å². The lowest BCUT2D eigenvalue weighted by atomic mass is 10.2. The van der Waals surface area contributed by atoms with Gasteiger partial charge in [0.1, 0.15) is 9.24 Å². The summed E-state index contributed by atoms with van der Waals surface area (Å²) in [6.07, 6.45) is 0. The number of amides is 1. The predicted octanol–water partition coefficient (Wildman–Crippen LogP) is 6.57. The van der Waals surface area contributed by atoms with E-state index in [0.29, 0.717) is 21.0 Å². The molecule has 1 amide bonds. The Bertz CT molecular complexity index is 1220. The van der Waals surface area contributed by atoms with Crippen molar-refractivity contribution in [3.8, 4) is 0 Å². The summed E-state index contributed by atoms with van der Waals surface area (Å²) in [5.74, 6) is -0.417. The van der Waals surface area contributed by atoms with Crippen molar-refractivity contribution in [2.24, 2.45) is 0 Å². The standard InChI is InChI=1S/C25H18N2O3S3/c1-16-12-14-19(15-13-16)26-21(28)20-22(31-23(29)17-8-4-2-5-9-17)27-33-25(20)32-24(30)18-10-6-3-7-11-18/h2-15H,1H3,(H,26,28). The van der Waals surface area contributed by atoms with Crippen LogP contribution in [0.15, 0.2) is 94.2 Å². The average Bonchev–Trinajstić information content (AvgIpc) is 3.23. The van der Waals surface area contributed by atoms with E-state index in [4.69, 9.17) is 0 Å². The molecular weight excluding hydrogens is 472 g/mol. The average molecular weight is 491 g/mol. The molecule has 0 radical (unpaired) electrons. The van der Waals surface area contributed by atoms with Crippen LogP contribution in [0.5, 0.6) is 0 Å². The van der Waals surface area contributed by atoms with Crippen LogP contribution in [0.4, 0.5) is 5.69 Å². The van der Waals surface area contributed by atoms with Crippen molar-refractivity contribution in [2.45, 2.75) is 16.2 Å². The van der Waals surface area contributed by atoms with E-state index < -0.39 is 5.91 Å². The second-order valence-electron chi connectivity index (χ2n) is 6.98. The van der Waals surface area contributed by atoms with Crippen LogP contribution in [-0.2, 0) is 0 Å². The van der Waals surface area contributed by atoms with E-state index in [-0.39, 0.29) is 20.8 Å². The molecule has 0 aliphatic heterocycles. The number of carbonyl (C=O) groups is 3. The van der Waals surface area contributed by atoms with Crippen LogP contribution in [0.25, 0.3) is 0 Å². The van der Waals surface area contributed by atoms with Gasteiger partial charge in [0.05, 0.1) is 5.56 Å². The number of hydrogen-bond acceptors (Lipinski definition) is 7. The Kier molecular flexibility index (Phi) is 7.39. The Morgan fingerprint density at radius 1 is 0.758 bits per heavy atom. The van der Waals surface area contributed by atoms with Gasteiger partial charge in [0, 0.05) is 16.8 Å². The third-order valence-corrected chi connectivity index (χ3v) is 7.51. The van der Waals surface area contributed by atoms with Crippen LogP contribution >= 0.6 is 35.1 Å². The fraction of sp³-hybridized carbons (Fsp3) is 0.0400. The fourth-order valence-electron chi connectivity index (χ4n) is 2.86. The van der Waals surface area contributed by atoms with Crippen molar-refractivity contribution < 1.29 is 14.4 Å². The topological polar surface area (TPSA) is 76.1 Å². The molecule has 4 aromatic rings. The highest BCUT2D eigenvalue weighted by molar-refractivity contribution is 8.16. The van der Waals surface area contributed by atoms with Crippen molar-refractivity contribution >= 4 is 56.9 Å². The normalized spacial score (nSPS) is 10.6. The number of nitrogens with one attached hydrogen (secondary N) is 1. The number of nitrogens with zero attached hydrogens (tertiary/aromatic N) is 1. The number of hydrogen-bond donors (Lipinski definition) is 1. The van der Waals surface area contributed by atoms with Crippen molar-refractivity contribution in [3.63, 3.8) is 0 Å². The predicted molar refractivity (Wildman–Crippen MR) is 135 cm³/mol. The van der Waals surface area contributed by atoms with Crippen molar-refractivity contribution in [3.05, 3.63) is 107 Å². The van der Waals surface area contributed by atoms with Crippen molar-refractivity contribution in [1.29, 1.82) is 0 Å². The smallest absolute Gasteiger partial charge is 0.260 e. The number of anilines is 1. The molecule has 164 valence electrons. The molecular formula is C25H18N2O3S3. The van der Waals surface area contributed by atoms with Gasteiger partial charge >= 0.3 is 0 Å². The summed E-state index contributed by atoms with van der Waals surface area (Å²) in [7, 11) is 0. The molecule has 0 fully saturated rings. The number of carbonyl (C=O) groups excluding carboxylic acids is 3. The Labute approximate surface area is 203 Å². The van der Waals surface area contributed by atoms with E-state index in [2.05, 4.69) is 9.69 Å². The number of rotatable bonds is 6. The zero-order valence-corrected chi connectivity index (χ0v) is 19.9. The van der Waals surface area contributed by atoms with Crippen LogP contribution < -0.4 is 5.32 Å². The van der Waals surface area contributed by atoms with Crippen LogP contribution in [0.2, 0.25) is 0 Å². The lowest BCUT2D eigenvalue weighted by Gasteiger charge is -2.08. The molecule has 0 aliphatic carbocycles. The molecule has 8 heteroatoms. The first-order chi connectivity index (χ1) is 16.0. The summed E-state index contributed by atoms with van der Waals surface area (Å²) in [5, 5.41) is 2.71. The summed E-state index contributed by atoms with van der Waals surface area (Å²) in [6, 6.07) is 25.0. The molecule has 0 atom stereocenters. The van der Waals surface area contributed by atoms with Gasteiger partial charge in [-0.15, -0.1) is 0 Å². The number of aromatic nitrogens is 1. The first-order valence-electron chi connectivity index (χ1n) is 9.93. The fourth-order valence-corrected chi connectivity index (χ4v) is 5.72. The van der Waals surface area contributed by atoms with Crippen LogP contribution in [0, 0.1) is 6.92 Å². The minimum absolute atomic E-state index is 0.199. The van der Waals surface area contributed by atoms with Crippen LogP contribution in [-0.4, -0.2) is 20.5 Å². The van der Waals surface area contributed by atoms with E-state index in [9.17, 15) is 14.4 Å². The maximum Gasteiger partial charge on any atom is 0.260 e. The lowest BCUT2D eigenvalue weighted by Crippen LogP contribution is -2.13. The van der Waals surface area contributed by atoms with Gasteiger partial charge in [0.15, 0.2) is 0 Å². The van der Waals surface area contributed by atoms with Gasteiger partial charge in [-0.25, -0.2) is 0 Å². The molecule has 0 saturated heterocycles. The number of aryl methyl sites for hydroxylation is 1. The molecule has 33 heavy (non-hydrogen) atoms. The third kappa shape index (κ3) is 5.78. The summed E-state index contributed by atoms with van der Waals surface area (Å²) < 4.78 is 4.80. The molecule has 3 aromatic carbocycles. The number of thioether (sulfide) groups is 2. The molecule has 5 nitrogen and oxygen atoms in total. The summed E-state index contributed by atoms with van der Waals surface area (Å²) >= 11 is 2.86. The van der Waals surface area contributed by atoms with Gasteiger partial charge in [0.2, 0.25) is 10.2 Å². The number of benzene rings is 3. The highest BCUT2D eigenvalue weighted by Gasteiger charge is 2.26.